The molecule has 4 heteroatoms. The SMILES string of the molecule is CCC1(C(NN)c2cc(OC)cc(OC)c2)CCCC1. The monoisotopic (exact) mass is 278 g/mol. The van der Waals surface area contributed by atoms with Crippen LogP contribution in [0, 0.1) is 5.41 Å². The van der Waals surface area contributed by atoms with Crippen molar-refractivity contribution in [3.63, 3.8) is 0 Å². The van der Waals surface area contributed by atoms with Crippen LogP contribution in [0.25, 0.3) is 0 Å². The maximum absolute atomic E-state index is 5.90. The lowest BCUT2D eigenvalue weighted by Crippen LogP contribution is -2.40. The van der Waals surface area contributed by atoms with Crippen molar-refractivity contribution in [2.75, 3.05) is 14.2 Å². The molecule has 1 aromatic rings. The fourth-order valence-electron chi connectivity index (χ4n) is 3.55. The van der Waals surface area contributed by atoms with Crippen molar-refractivity contribution in [1.29, 1.82) is 0 Å². The number of ether oxygens (including phenoxy) is 2. The standard InChI is InChI=1S/C16H26N2O2/c1-4-16(7-5-6-8-16)15(18-17)12-9-13(19-2)11-14(10-12)20-3/h9-11,15,18H,4-8,17H2,1-3H3. The molecule has 1 aliphatic rings. The minimum Gasteiger partial charge on any atom is -0.497 e. The Morgan fingerprint density at radius 2 is 1.70 bits per heavy atom. The molecular weight excluding hydrogens is 252 g/mol. The first-order valence-corrected chi connectivity index (χ1v) is 7.38. The number of benzene rings is 1. The maximum atomic E-state index is 5.90. The molecule has 20 heavy (non-hydrogen) atoms. The second-order valence-electron chi connectivity index (χ2n) is 5.67. The van der Waals surface area contributed by atoms with E-state index in [0.29, 0.717) is 0 Å². The van der Waals surface area contributed by atoms with E-state index in [4.69, 9.17) is 15.3 Å². The highest BCUT2D eigenvalue weighted by Crippen LogP contribution is 2.50. The van der Waals surface area contributed by atoms with Gasteiger partial charge in [-0.2, -0.15) is 0 Å². The predicted octanol–water partition coefficient (Wildman–Crippen LogP) is 3.18. The molecule has 1 unspecified atom stereocenters. The zero-order valence-electron chi connectivity index (χ0n) is 12.7. The van der Waals surface area contributed by atoms with E-state index in [9.17, 15) is 0 Å². The van der Waals surface area contributed by atoms with Crippen molar-refractivity contribution < 1.29 is 9.47 Å². The summed E-state index contributed by atoms with van der Waals surface area (Å²) in [6, 6.07) is 6.15. The van der Waals surface area contributed by atoms with E-state index < -0.39 is 0 Å². The van der Waals surface area contributed by atoms with Crippen molar-refractivity contribution >= 4 is 0 Å². The summed E-state index contributed by atoms with van der Waals surface area (Å²) in [6.45, 7) is 2.26. The summed E-state index contributed by atoms with van der Waals surface area (Å²) in [6.07, 6.45) is 6.14. The summed E-state index contributed by atoms with van der Waals surface area (Å²) < 4.78 is 10.7. The van der Waals surface area contributed by atoms with Gasteiger partial charge in [0.1, 0.15) is 11.5 Å². The number of methoxy groups -OCH3 is 2. The second-order valence-corrected chi connectivity index (χ2v) is 5.67. The summed E-state index contributed by atoms with van der Waals surface area (Å²) >= 11 is 0. The highest BCUT2D eigenvalue weighted by molar-refractivity contribution is 5.40. The Hall–Kier alpha value is -1.26. The van der Waals surface area contributed by atoms with E-state index in [1.807, 2.05) is 6.07 Å². The third-order valence-electron chi connectivity index (χ3n) is 4.79. The van der Waals surface area contributed by atoms with Gasteiger partial charge in [-0.05, 0) is 42.4 Å². The number of hydrogen-bond donors (Lipinski definition) is 2. The van der Waals surface area contributed by atoms with Gasteiger partial charge >= 0.3 is 0 Å². The van der Waals surface area contributed by atoms with Crippen molar-refractivity contribution in [2.24, 2.45) is 11.3 Å². The van der Waals surface area contributed by atoms with Crippen LogP contribution in [0.1, 0.15) is 50.6 Å². The Morgan fingerprint density at radius 1 is 1.15 bits per heavy atom. The van der Waals surface area contributed by atoms with Crippen molar-refractivity contribution in [3.05, 3.63) is 23.8 Å². The van der Waals surface area contributed by atoms with Crippen LogP contribution in [0.3, 0.4) is 0 Å². The molecule has 3 N–H and O–H groups in total. The van der Waals surface area contributed by atoms with Gasteiger partial charge in [0.05, 0.1) is 20.3 Å². The third-order valence-corrected chi connectivity index (χ3v) is 4.79. The van der Waals surface area contributed by atoms with E-state index in [1.54, 1.807) is 14.2 Å². The van der Waals surface area contributed by atoms with Gasteiger partial charge in [-0.1, -0.05) is 19.8 Å². The van der Waals surface area contributed by atoms with Crippen molar-refractivity contribution in [1.82, 2.24) is 5.43 Å². The fourth-order valence-corrected chi connectivity index (χ4v) is 3.55. The summed E-state index contributed by atoms with van der Waals surface area (Å²) in [5.41, 5.74) is 4.43. The smallest absolute Gasteiger partial charge is 0.122 e. The molecule has 1 aliphatic carbocycles. The Balaban J connectivity index is 2.40. The lowest BCUT2D eigenvalue weighted by molar-refractivity contribution is 0.187. The first-order chi connectivity index (χ1) is 9.69. The fraction of sp³-hybridized carbons (Fsp3) is 0.625. The molecule has 0 radical (unpaired) electrons. The van der Waals surface area contributed by atoms with E-state index in [-0.39, 0.29) is 11.5 Å². The molecule has 0 amide bonds. The van der Waals surface area contributed by atoms with Crippen LogP contribution < -0.4 is 20.7 Å². The number of nitrogens with one attached hydrogen (secondary N) is 1. The van der Waals surface area contributed by atoms with Gasteiger partial charge in [0, 0.05) is 6.07 Å². The summed E-state index contributed by atoms with van der Waals surface area (Å²) in [7, 11) is 3.35. The average molecular weight is 278 g/mol. The van der Waals surface area contributed by atoms with Crippen molar-refractivity contribution in [2.45, 2.75) is 45.1 Å². The maximum Gasteiger partial charge on any atom is 0.122 e. The van der Waals surface area contributed by atoms with Gasteiger partial charge in [0.2, 0.25) is 0 Å². The molecular formula is C16H26N2O2. The van der Waals surface area contributed by atoms with E-state index in [1.165, 1.54) is 25.7 Å². The summed E-state index contributed by atoms with van der Waals surface area (Å²) in [5.74, 6) is 7.52. The first kappa shape index (κ1) is 15.1. The van der Waals surface area contributed by atoms with E-state index in [0.717, 1.165) is 23.5 Å². The Labute approximate surface area is 121 Å². The molecule has 0 bridgehead atoms. The van der Waals surface area contributed by atoms with Crippen LogP contribution >= 0.6 is 0 Å². The van der Waals surface area contributed by atoms with Gasteiger partial charge in [-0.25, -0.2) is 0 Å². The molecule has 1 aromatic carbocycles. The van der Waals surface area contributed by atoms with Gasteiger partial charge in [-0.3, -0.25) is 11.3 Å². The molecule has 112 valence electrons. The molecule has 2 rings (SSSR count). The van der Waals surface area contributed by atoms with E-state index in [2.05, 4.69) is 24.5 Å². The second kappa shape index (κ2) is 6.46. The minimum atomic E-state index is 0.138. The van der Waals surface area contributed by atoms with Crippen LogP contribution in [-0.2, 0) is 0 Å². The third kappa shape index (κ3) is 2.76. The minimum absolute atomic E-state index is 0.138. The summed E-state index contributed by atoms with van der Waals surface area (Å²) in [4.78, 5) is 0. The lowest BCUT2D eigenvalue weighted by Gasteiger charge is -2.37. The number of nitrogens with two attached hydrogens (primary N) is 1. The molecule has 1 fully saturated rings. The van der Waals surface area contributed by atoms with Gasteiger partial charge in [0.15, 0.2) is 0 Å². The topological polar surface area (TPSA) is 56.5 Å². The molecule has 0 spiro atoms. The zero-order chi connectivity index (χ0) is 14.6. The van der Waals surface area contributed by atoms with Crippen LogP contribution in [0.2, 0.25) is 0 Å². The Kier molecular flexibility index (Phi) is 4.89. The van der Waals surface area contributed by atoms with Gasteiger partial charge in [-0.15, -0.1) is 0 Å². The summed E-state index contributed by atoms with van der Waals surface area (Å²) in [5, 5.41) is 0. The normalized spacial score (nSPS) is 18.8. The van der Waals surface area contributed by atoms with Gasteiger partial charge in [0.25, 0.3) is 0 Å². The Bertz CT molecular complexity index is 420. The quantitative estimate of drug-likeness (QED) is 0.620. The average Bonchev–Trinajstić information content (AvgIpc) is 2.97. The molecule has 0 aliphatic heterocycles. The molecule has 4 nitrogen and oxygen atoms in total. The molecule has 1 saturated carbocycles. The lowest BCUT2D eigenvalue weighted by atomic mass is 9.73. The van der Waals surface area contributed by atoms with E-state index >= 15 is 0 Å². The highest BCUT2D eigenvalue weighted by Gasteiger charge is 2.40. The Morgan fingerprint density at radius 3 is 2.10 bits per heavy atom. The van der Waals surface area contributed by atoms with Crippen LogP contribution in [0.5, 0.6) is 11.5 Å². The largest absolute Gasteiger partial charge is 0.497 e. The van der Waals surface area contributed by atoms with Crippen LogP contribution in [0.15, 0.2) is 18.2 Å². The number of hydrazine groups is 1. The predicted molar refractivity (Wildman–Crippen MR) is 80.8 cm³/mol. The number of rotatable bonds is 6. The first-order valence-electron chi connectivity index (χ1n) is 7.38. The molecule has 0 heterocycles. The van der Waals surface area contributed by atoms with Crippen LogP contribution in [-0.4, -0.2) is 14.2 Å². The van der Waals surface area contributed by atoms with Crippen LogP contribution in [0.4, 0.5) is 0 Å². The molecule has 1 atom stereocenters. The zero-order valence-corrected chi connectivity index (χ0v) is 12.7. The van der Waals surface area contributed by atoms with Gasteiger partial charge < -0.3 is 9.47 Å². The number of hydrogen-bond acceptors (Lipinski definition) is 4. The molecule has 0 saturated heterocycles. The van der Waals surface area contributed by atoms with Crippen molar-refractivity contribution in [3.8, 4) is 11.5 Å². The highest BCUT2D eigenvalue weighted by atomic mass is 16.5. The molecule has 0 aromatic heterocycles.